The van der Waals surface area contributed by atoms with Crippen LogP contribution in [0.3, 0.4) is 0 Å². The zero-order valence-corrected chi connectivity index (χ0v) is 28.8. The maximum absolute atomic E-state index is 14.6. The van der Waals surface area contributed by atoms with Crippen LogP contribution in [0.4, 0.5) is 5.69 Å². The van der Waals surface area contributed by atoms with Gasteiger partial charge in [-0.15, -0.1) is 0 Å². The Morgan fingerprint density at radius 1 is 0.872 bits per heavy atom. The van der Waals surface area contributed by atoms with E-state index < -0.39 is 28.5 Å². The molecule has 0 saturated heterocycles. The van der Waals surface area contributed by atoms with Gasteiger partial charge in [0, 0.05) is 24.0 Å². The van der Waals surface area contributed by atoms with E-state index in [2.05, 4.69) is 5.32 Å². The number of carbonyl (C=O) groups excluding carboxylic acids is 2. The van der Waals surface area contributed by atoms with Crippen molar-refractivity contribution in [1.82, 2.24) is 10.2 Å². The molecule has 0 radical (unpaired) electrons. The number of carbonyl (C=O) groups is 2. The number of rotatable bonds is 15. The summed E-state index contributed by atoms with van der Waals surface area (Å²) in [5.41, 5.74) is 2.82. The number of sulfonamides is 1. The second-order valence-electron chi connectivity index (χ2n) is 11.4. The van der Waals surface area contributed by atoms with Crippen LogP contribution in [-0.4, -0.2) is 50.4 Å². The molecule has 8 nitrogen and oxygen atoms in total. The number of ether oxygens (including phenoxy) is 1. The maximum Gasteiger partial charge on any atom is 0.264 e. The summed E-state index contributed by atoms with van der Waals surface area (Å²) in [5.74, 6) is -0.330. The lowest BCUT2D eigenvalue weighted by atomic mass is 10.0. The van der Waals surface area contributed by atoms with Crippen molar-refractivity contribution in [2.45, 2.75) is 64.1 Å². The summed E-state index contributed by atoms with van der Waals surface area (Å²) in [6.07, 6.45) is 0.930. The van der Waals surface area contributed by atoms with Crippen LogP contribution in [0.5, 0.6) is 5.75 Å². The molecule has 10 heteroatoms. The first-order chi connectivity index (χ1) is 22.5. The number of aryl methyl sites for hydroxylation is 1. The van der Waals surface area contributed by atoms with Crippen molar-refractivity contribution in [2.75, 3.05) is 17.5 Å². The molecule has 4 aromatic carbocycles. The van der Waals surface area contributed by atoms with E-state index in [0.717, 1.165) is 15.4 Å². The highest BCUT2D eigenvalue weighted by atomic mass is 35.5. The highest BCUT2D eigenvalue weighted by Crippen LogP contribution is 2.27. The second kappa shape index (κ2) is 16.5. The molecule has 0 spiro atoms. The van der Waals surface area contributed by atoms with Gasteiger partial charge < -0.3 is 15.0 Å². The SMILES string of the molecule is CCOc1ccc(S(=O)(=O)N(CC(=O)N(Cc2cccc(Cl)c2)[C@@H](Cc2ccccc2)C(=O)N[C@H](C)CC)c2ccc(C)cc2)cc1. The fraction of sp³-hybridized carbons (Fsp3) is 0.297. The summed E-state index contributed by atoms with van der Waals surface area (Å²) in [7, 11) is -4.23. The molecule has 47 heavy (non-hydrogen) atoms. The predicted molar refractivity (Wildman–Crippen MR) is 187 cm³/mol. The van der Waals surface area contributed by atoms with E-state index in [-0.39, 0.29) is 29.8 Å². The average Bonchev–Trinajstić information content (AvgIpc) is 3.06. The molecule has 0 heterocycles. The van der Waals surface area contributed by atoms with Crippen LogP contribution in [0.25, 0.3) is 0 Å². The van der Waals surface area contributed by atoms with Gasteiger partial charge in [0.2, 0.25) is 11.8 Å². The number of halogens is 1. The molecule has 248 valence electrons. The molecule has 0 saturated carbocycles. The summed E-state index contributed by atoms with van der Waals surface area (Å²) in [5, 5.41) is 3.53. The Kier molecular flexibility index (Phi) is 12.4. The van der Waals surface area contributed by atoms with Crippen LogP contribution in [0.1, 0.15) is 43.9 Å². The van der Waals surface area contributed by atoms with Crippen molar-refractivity contribution in [3.63, 3.8) is 0 Å². The molecule has 4 rings (SSSR count). The van der Waals surface area contributed by atoms with Gasteiger partial charge in [-0.3, -0.25) is 13.9 Å². The van der Waals surface area contributed by atoms with Crippen molar-refractivity contribution in [2.24, 2.45) is 0 Å². The lowest BCUT2D eigenvalue weighted by Gasteiger charge is -2.34. The van der Waals surface area contributed by atoms with Crippen molar-refractivity contribution in [1.29, 1.82) is 0 Å². The van der Waals surface area contributed by atoms with Crippen LogP contribution >= 0.6 is 11.6 Å². The number of amides is 2. The highest BCUT2D eigenvalue weighted by molar-refractivity contribution is 7.92. The molecule has 0 aliphatic carbocycles. The normalized spacial score (nSPS) is 12.5. The predicted octanol–water partition coefficient (Wildman–Crippen LogP) is 6.80. The Hall–Kier alpha value is -4.34. The summed E-state index contributed by atoms with van der Waals surface area (Å²) in [6, 6.07) is 28.5. The first-order valence-electron chi connectivity index (χ1n) is 15.7. The van der Waals surface area contributed by atoms with E-state index >= 15 is 0 Å². The lowest BCUT2D eigenvalue weighted by molar-refractivity contribution is -0.140. The Balaban J connectivity index is 1.80. The lowest BCUT2D eigenvalue weighted by Crippen LogP contribution is -2.54. The quantitative estimate of drug-likeness (QED) is 0.150. The van der Waals surface area contributed by atoms with E-state index in [4.69, 9.17) is 16.3 Å². The molecule has 0 aliphatic heterocycles. The maximum atomic E-state index is 14.6. The second-order valence-corrected chi connectivity index (χ2v) is 13.7. The summed E-state index contributed by atoms with van der Waals surface area (Å²) >= 11 is 6.32. The smallest absolute Gasteiger partial charge is 0.264 e. The third-order valence-corrected chi connectivity index (χ3v) is 9.86. The number of nitrogens with one attached hydrogen (secondary N) is 1. The van der Waals surface area contributed by atoms with Crippen LogP contribution in [0.2, 0.25) is 5.02 Å². The summed E-state index contributed by atoms with van der Waals surface area (Å²) in [4.78, 5) is 30.0. The van der Waals surface area contributed by atoms with Gasteiger partial charge in [0.25, 0.3) is 10.0 Å². The van der Waals surface area contributed by atoms with Gasteiger partial charge in [0.05, 0.1) is 17.2 Å². The molecule has 0 bridgehead atoms. The highest BCUT2D eigenvalue weighted by Gasteiger charge is 2.35. The topological polar surface area (TPSA) is 96.0 Å². The number of hydrogen-bond donors (Lipinski definition) is 1. The Labute approximate surface area is 283 Å². The molecule has 0 aromatic heterocycles. The van der Waals surface area contributed by atoms with Crippen molar-refractivity contribution < 1.29 is 22.7 Å². The minimum Gasteiger partial charge on any atom is -0.494 e. The third kappa shape index (κ3) is 9.59. The number of anilines is 1. The molecule has 4 aromatic rings. The van der Waals surface area contributed by atoms with Crippen LogP contribution < -0.4 is 14.4 Å². The minimum absolute atomic E-state index is 0.00562. The number of nitrogens with zero attached hydrogens (tertiary/aromatic N) is 2. The molecule has 0 unspecified atom stereocenters. The van der Waals surface area contributed by atoms with E-state index in [1.165, 1.54) is 17.0 Å². The van der Waals surface area contributed by atoms with Crippen molar-refractivity contribution in [3.8, 4) is 5.75 Å². The van der Waals surface area contributed by atoms with E-state index in [0.29, 0.717) is 35.1 Å². The summed E-state index contributed by atoms with van der Waals surface area (Å²) < 4.78 is 35.1. The van der Waals surface area contributed by atoms with Crippen molar-refractivity contribution >= 4 is 39.1 Å². The molecular formula is C37H42ClN3O5S. The monoisotopic (exact) mass is 675 g/mol. The third-order valence-electron chi connectivity index (χ3n) is 7.84. The molecule has 2 atom stereocenters. The molecular weight excluding hydrogens is 634 g/mol. The Bertz CT molecular complexity index is 1730. The molecule has 0 aliphatic rings. The Morgan fingerprint density at radius 3 is 2.15 bits per heavy atom. The van der Waals surface area contributed by atoms with E-state index in [1.54, 1.807) is 54.6 Å². The first-order valence-corrected chi connectivity index (χ1v) is 17.5. The fourth-order valence-corrected chi connectivity index (χ4v) is 6.70. The van der Waals surface area contributed by atoms with Gasteiger partial charge in [0.15, 0.2) is 0 Å². The fourth-order valence-electron chi connectivity index (χ4n) is 5.07. The van der Waals surface area contributed by atoms with Crippen LogP contribution in [0.15, 0.2) is 108 Å². The molecule has 1 N–H and O–H groups in total. The molecule has 0 fully saturated rings. The zero-order valence-electron chi connectivity index (χ0n) is 27.2. The average molecular weight is 676 g/mol. The largest absolute Gasteiger partial charge is 0.494 e. The molecule has 2 amide bonds. The van der Waals surface area contributed by atoms with Crippen molar-refractivity contribution in [3.05, 3.63) is 125 Å². The van der Waals surface area contributed by atoms with Crippen LogP contribution in [-0.2, 0) is 32.6 Å². The van der Waals surface area contributed by atoms with Crippen LogP contribution in [0, 0.1) is 6.92 Å². The number of benzene rings is 4. The van der Waals surface area contributed by atoms with Gasteiger partial charge in [-0.25, -0.2) is 8.42 Å². The van der Waals surface area contributed by atoms with Gasteiger partial charge >= 0.3 is 0 Å². The van der Waals surface area contributed by atoms with Gasteiger partial charge in [-0.05, 0) is 86.8 Å². The van der Waals surface area contributed by atoms with E-state index in [9.17, 15) is 18.0 Å². The van der Waals surface area contributed by atoms with Gasteiger partial charge in [-0.1, -0.05) is 78.7 Å². The minimum atomic E-state index is -4.23. The summed E-state index contributed by atoms with van der Waals surface area (Å²) in [6.45, 7) is 7.56. The van der Waals surface area contributed by atoms with Gasteiger partial charge in [-0.2, -0.15) is 0 Å². The number of hydrogen-bond acceptors (Lipinski definition) is 5. The first kappa shape index (κ1) is 35.5. The zero-order chi connectivity index (χ0) is 34.0. The van der Waals surface area contributed by atoms with E-state index in [1.807, 2.05) is 64.1 Å². The van der Waals surface area contributed by atoms with Gasteiger partial charge in [0.1, 0.15) is 18.3 Å². The standard InChI is InChI=1S/C37H42ClN3O5S/c1-5-28(4)39-37(43)35(24-29-11-8-7-9-12-29)40(25-30-13-10-14-31(38)23-30)36(42)26-41(32-17-15-27(3)16-18-32)47(44,45)34-21-19-33(20-22-34)46-6-2/h7-23,28,35H,5-6,24-26H2,1-4H3,(H,39,43)/t28-,35+/m1/s1. The Morgan fingerprint density at radius 2 is 1.53 bits per heavy atom.